The van der Waals surface area contributed by atoms with Crippen molar-refractivity contribution >= 4 is 17.7 Å². The largest absolute Gasteiger partial charge is 0.493 e. The molecule has 1 aromatic heterocycles. The van der Waals surface area contributed by atoms with Gasteiger partial charge >= 0.3 is 5.97 Å². The third-order valence-corrected chi connectivity index (χ3v) is 5.61. The second-order valence-corrected chi connectivity index (χ2v) is 7.02. The third kappa shape index (κ3) is 2.56. The summed E-state index contributed by atoms with van der Waals surface area (Å²) in [5.74, 6) is 0.136. The van der Waals surface area contributed by atoms with Gasteiger partial charge in [0.15, 0.2) is 11.5 Å². The maximum Gasteiger partial charge on any atom is 0.315 e. The van der Waals surface area contributed by atoms with Crippen molar-refractivity contribution in [3.8, 4) is 11.5 Å². The van der Waals surface area contributed by atoms with Gasteiger partial charge in [-0.3, -0.25) is 9.59 Å². The number of methoxy groups -OCH3 is 1. The molecule has 28 heavy (non-hydrogen) atoms. The van der Waals surface area contributed by atoms with Crippen LogP contribution in [0.5, 0.6) is 11.5 Å². The van der Waals surface area contributed by atoms with Gasteiger partial charge < -0.3 is 24.8 Å². The van der Waals surface area contributed by atoms with Gasteiger partial charge in [-0.05, 0) is 18.2 Å². The number of pyridine rings is 1. The lowest BCUT2D eigenvalue weighted by atomic mass is 9.73. The molecule has 4 rings (SSSR count). The highest BCUT2D eigenvalue weighted by Gasteiger charge is 2.57. The van der Waals surface area contributed by atoms with Gasteiger partial charge in [0.25, 0.3) is 5.91 Å². The normalized spacial score (nSPS) is 22.6. The Morgan fingerprint density at radius 2 is 2.18 bits per heavy atom. The van der Waals surface area contributed by atoms with Crippen LogP contribution in [0.2, 0.25) is 0 Å². The molecule has 0 saturated carbocycles. The van der Waals surface area contributed by atoms with E-state index in [2.05, 4.69) is 10.3 Å². The van der Waals surface area contributed by atoms with E-state index >= 15 is 0 Å². The van der Waals surface area contributed by atoms with Crippen LogP contribution in [0.4, 0.5) is 5.82 Å². The fraction of sp³-hybridized carbons (Fsp3) is 0.350. The topological polar surface area (TPSA) is 101 Å². The lowest BCUT2D eigenvalue weighted by Crippen LogP contribution is -2.45. The first-order valence-electron chi connectivity index (χ1n) is 8.97. The summed E-state index contributed by atoms with van der Waals surface area (Å²) in [4.78, 5) is 30.8. The molecule has 3 heterocycles. The van der Waals surface area contributed by atoms with Crippen molar-refractivity contribution in [2.24, 2.45) is 5.41 Å². The summed E-state index contributed by atoms with van der Waals surface area (Å²) in [6, 6.07) is 8.87. The molecule has 2 aliphatic heterocycles. The number of hydrogen-bond acceptors (Lipinski definition) is 6. The molecule has 2 aliphatic rings. The number of carboxylic acid groups (broad SMARTS) is 1. The number of nitrogens with one attached hydrogen (secondary N) is 1. The van der Waals surface area contributed by atoms with Gasteiger partial charge in [-0.1, -0.05) is 12.1 Å². The molecular formula is C20H21N3O5. The number of fused-ring (bicyclic) bond motifs is 3. The quantitative estimate of drug-likeness (QED) is 0.825. The van der Waals surface area contributed by atoms with Gasteiger partial charge in [0, 0.05) is 37.8 Å². The first kappa shape index (κ1) is 18.1. The van der Waals surface area contributed by atoms with Crippen LogP contribution in [0.3, 0.4) is 0 Å². The maximum atomic E-state index is 12.3. The number of nitrogens with zero attached hydrogens (tertiary/aromatic N) is 2. The van der Waals surface area contributed by atoms with Crippen LogP contribution in [0.25, 0.3) is 0 Å². The van der Waals surface area contributed by atoms with Crippen molar-refractivity contribution in [3.05, 3.63) is 47.7 Å². The highest BCUT2D eigenvalue weighted by atomic mass is 16.5. The number of rotatable bonds is 4. The average molecular weight is 383 g/mol. The molecule has 2 aromatic rings. The number of para-hydroxylation sites is 1. The van der Waals surface area contributed by atoms with Crippen molar-refractivity contribution in [1.82, 2.24) is 10.3 Å². The highest BCUT2D eigenvalue weighted by Crippen LogP contribution is 2.52. The smallest absolute Gasteiger partial charge is 0.315 e. The first-order valence-corrected chi connectivity index (χ1v) is 8.97. The molecule has 0 radical (unpaired) electrons. The number of amides is 1. The van der Waals surface area contributed by atoms with Crippen LogP contribution in [0.1, 0.15) is 21.8 Å². The summed E-state index contributed by atoms with van der Waals surface area (Å²) >= 11 is 0. The number of benzene rings is 1. The van der Waals surface area contributed by atoms with E-state index in [9.17, 15) is 14.7 Å². The molecule has 1 aromatic carbocycles. The molecule has 146 valence electrons. The average Bonchev–Trinajstić information content (AvgIpc) is 3.14. The van der Waals surface area contributed by atoms with E-state index in [1.165, 1.54) is 0 Å². The number of aliphatic carboxylic acids is 1. The molecule has 0 unspecified atom stereocenters. The van der Waals surface area contributed by atoms with Gasteiger partial charge in [0.1, 0.15) is 17.8 Å². The Hall–Kier alpha value is -3.29. The molecule has 2 atom stereocenters. The molecule has 0 spiro atoms. The van der Waals surface area contributed by atoms with Gasteiger partial charge in [-0.15, -0.1) is 0 Å². The Bertz CT molecular complexity index is 947. The summed E-state index contributed by atoms with van der Waals surface area (Å²) in [6.45, 7) is 0.639. The maximum absolute atomic E-state index is 12.3. The van der Waals surface area contributed by atoms with Crippen molar-refractivity contribution < 1.29 is 24.2 Å². The third-order valence-electron chi connectivity index (χ3n) is 5.61. The molecule has 2 N–H and O–H groups in total. The molecule has 1 saturated heterocycles. The molecule has 0 bridgehead atoms. The van der Waals surface area contributed by atoms with E-state index in [-0.39, 0.29) is 25.0 Å². The van der Waals surface area contributed by atoms with Crippen LogP contribution < -0.4 is 19.7 Å². The monoisotopic (exact) mass is 383 g/mol. The van der Waals surface area contributed by atoms with E-state index in [0.717, 1.165) is 5.56 Å². The van der Waals surface area contributed by atoms with Crippen molar-refractivity contribution in [2.45, 2.75) is 5.92 Å². The van der Waals surface area contributed by atoms with Gasteiger partial charge in [-0.2, -0.15) is 0 Å². The van der Waals surface area contributed by atoms with E-state index in [1.807, 2.05) is 17.0 Å². The summed E-state index contributed by atoms with van der Waals surface area (Å²) in [5, 5.41) is 12.7. The molecule has 1 amide bonds. The van der Waals surface area contributed by atoms with Crippen LogP contribution in [0, 0.1) is 5.41 Å². The van der Waals surface area contributed by atoms with E-state index in [0.29, 0.717) is 29.4 Å². The number of hydrogen-bond donors (Lipinski definition) is 2. The minimum atomic E-state index is -1.13. The van der Waals surface area contributed by atoms with Crippen LogP contribution in [0.15, 0.2) is 36.5 Å². The van der Waals surface area contributed by atoms with Crippen molar-refractivity contribution in [1.29, 1.82) is 0 Å². The minimum Gasteiger partial charge on any atom is -0.493 e. The Labute approximate surface area is 162 Å². The zero-order valence-electron chi connectivity index (χ0n) is 15.6. The Morgan fingerprint density at radius 1 is 1.36 bits per heavy atom. The van der Waals surface area contributed by atoms with Gasteiger partial charge in [-0.25, -0.2) is 4.98 Å². The molecule has 8 nitrogen and oxygen atoms in total. The van der Waals surface area contributed by atoms with E-state index < -0.39 is 11.4 Å². The number of carbonyl (C=O) groups excluding carboxylic acids is 1. The lowest BCUT2D eigenvalue weighted by molar-refractivity contribution is -0.151. The molecular weight excluding hydrogens is 362 g/mol. The Morgan fingerprint density at radius 3 is 2.89 bits per heavy atom. The van der Waals surface area contributed by atoms with Gasteiger partial charge in [0.2, 0.25) is 0 Å². The van der Waals surface area contributed by atoms with Crippen molar-refractivity contribution in [3.63, 3.8) is 0 Å². The SMILES string of the molecule is CNC(=O)c1cccnc1N1C[C@@H]2c3cccc(OC)c3OC[C@]2(C(=O)O)C1. The van der Waals surface area contributed by atoms with Crippen molar-refractivity contribution in [2.75, 3.05) is 38.8 Å². The van der Waals surface area contributed by atoms with Gasteiger partial charge in [0.05, 0.1) is 12.7 Å². The predicted octanol–water partition coefficient (Wildman–Crippen LogP) is 1.52. The minimum absolute atomic E-state index is 0.0268. The highest BCUT2D eigenvalue weighted by molar-refractivity contribution is 5.99. The van der Waals surface area contributed by atoms with Crippen LogP contribution in [-0.4, -0.2) is 55.8 Å². The number of aromatic nitrogens is 1. The van der Waals surface area contributed by atoms with E-state index in [4.69, 9.17) is 9.47 Å². The zero-order chi connectivity index (χ0) is 19.9. The molecule has 0 aliphatic carbocycles. The number of anilines is 1. The predicted molar refractivity (Wildman–Crippen MR) is 101 cm³/mol. The summed E-state index contributed by atoms with van der Waals surface area (Å²) in [5.41, 5.74) is 0.0838. The standard InChI is InChI=1S/C20H21N3O5/c1-21-18(24)13-6-4-8-22-17(13)23-9-14-12-5-3-7-15(27-2)16(12)28-11-20(14,10-23)19(25)26/h3-8,14H,9-11H2,1-2H3,(H,21,24)(H,25,26)/t14-,20-/m1/s1. The zero-order valence-corrected chi connectivity index (χ0v) is 15.6. The number of carbonyl (C=O) groups is 2. The lowest BCUT2D eigenvalue weighted by Gasteiger charge is -2.36. The summed E-state index contributed by atoms with van der Waals surface area (Å²) in [6.07, 6.45) is 1.60. The Kier molecular flexibility index (Phi) is 4.33. The molecule has 8 heteroatoms. The molecule has 1 fully saturated rings. The second-order valence-electron chi connectivity index (χ2n) is 7.02. The van der Waals surface area contributed by atoms with E-state index in [1.54, 1.807) is 38.6 Å². The summed E-state index contributed by atoms with van der Waals surface area (Å²) in [7, 11) is 3.11. The summed E-state index contributed by atoms with van der Waals surface area (Å²) < 4.78 is 11.3. The number of carboxylic acids is 1. The first-order chi connectivity index (χ1) is 13.5. The fourth-order valence-electron chi connectivity index (χ4n) is 4.18. The number of ether oxygens (including phenoxy) is 2. The second kappa shape index (κ2) is 6.70. The van der Waals surface area contributed by atoms with Crippen LogP contribution >= 0.6 is 0 Å². The van der Waals surface area contributed by atoms with Crippen LogP contribution in [-0.2, 0) is 4.79 Å². The Balaban J connectivity index is 1.80. The fourth-order valence-corrected chi connectivity index (χ4v) is 4.18.